The monoisotopic (exact) mass is 297 g/mol. The Bertz CT molecular complexity index is 581. The van der Waals surface area contributed by atoms with Gasteiger partial charge in [-0.1, -0.05) is 31.5 Å². The number of rotatable bonds is 7. The molecule has 4 nitrogen and oxygen atoms in total. The lowest BCUT2D eigenvalue weighted by molar-refractivity contribution is 0.0953. The number of benzene rings is 1. The van der Waals surface area contributed by atoms with E-state index in [9.17, 15) is 4.79 Å². The van der Waals surface area contributed by atoms with Crippen LogP contribution in [0.3, 0.4) is 0 Å². The summed E-state index contributed by atoms with van der Waals surface area (Å²) in [6.45, 7) is 5.71. The molecule has 0 atom stereocenters. The lowest BCUT2D eigenvalue weighted by atomic mass is 10.2. The Kier molecular flexibility index (Phi) is 5.95. The van der Waals surface area contributed by atoms with Gasteiger partial charge in [0.15, 0.2) is 0 Å². The summed E-state index contributed by atoms with van der Waals surface area (Å²) in [4.78, 5) is 18.5. The van der Waals surface area contributed by atoms with Gasteiger partial charge in [-0.25, -0.2) is 4.98 Å². The number of nitrogens with zero attached hydrogens (tertiary/aromatic N) is 2. The first-order valence-electron chi connectivity index (χ1n) is 7.83. The molecule has 1 aromatic heterocycles. The molecule has 0 fully saturated rings. The number of hydrogen-bond donors (Lipinski definition) is 1. The highest BCUT2D eigenvalue weighted by Crippen LogP contribution is 2.22. The first kappa shape index (κ1) is 16.0. The summed E-state index contributed by atoms with van der Waals surface area (Å²) in [5.41, 5.74) is 1.70. The van der Waals surface area contributed by atoms with E-state index in [2.05, 4.69) is 41.2 Å². The second kappa shape index (κ2) is 8.17. The summed E-state index contributed by atoms with van der Waals surface area (Å²) >= 11 is 0. The molecule has 116 valence electrons. The van der Waals surface area contributed by atoms with Gasteiger partial charge in [-0.05, 0) is 37.6 Å². The van der Waals surface area contributed by atoms with E-state index in [0.29, 0.717) is 12.1 Å². The highest BCUT2D eigenvalue weighted by Gasteiger charge is 2.10. The number of carbonyl (C=O) groups excluding carboxylic acids is 1. The Morgan fingerprint density at radius 3 is 2.50 bits per heavy atom. The second-order valence-electron chi connectivity index (χ2n) is 5.09. The van der Waals surface area contributed by atoms with Crippen molar-refractivity contribution in [2.45, 2.75) is 26.7 Å². The van der Waals surface area contributed by atoms with Crippen LogP contribution in [0.5, 0.6) is 0 Å². The Hall–Kier alpha value is -2.36. The van der Waals surface area contributed by atoms with Crippen molar-refractivity contribution in [3.63, 3.8) is 0 Å². The van der Waals surface area contributed by atoms with Crippen molar-refractivity contribution in [3.8, 4) is 0 Å². The Balaban J connectivity index is 2.09. The molecule has 2 aromatic rings. The number of pyridine rings is 1. The van der Waals surface area contributed by atoms with Crippen LogP contribution in [0.4, 0.5) is 11.5 Å². The molecule has 0 bridgehead atoms. The molecule has 0 aliphatic rings. The third-order valence-electron chi connectivity index (χ3n) is 3.49. The predicted molar refractivity (Wildman–Crippen MR) is 90.6 cm³/mol. The minimum Gasteiger partial charge on any atom is -0.352 e. The fourth-order valence-corrected chi connectivity index (χ4v) is 2.25. The maximum Gasteiger partial charge on any atom is 0.252 e. The number of para-hydroxylation sites is 1. The Morgan fingerprint density at radius 2 is 1.91 bits per heavy atom. The van der Waals surface area contributed by atoms with Gasteiger partial charge in [-0.15, -0.1) is 0 Å². The second-order valence-corrected chi connectivity index (χ2v) is 5.09. The van der Waals surface area contributed by atoms with Crippen LogP contribution in [0.25, 0.3) is 0 Å². The molecule has 22 heavy (non-hydrogen) atoms. The zero-order valence-corrected chi connectivity index (χ0v) is 13.2. The van der Waals surface area contributed by atoms with Gasteiger partial charge in [0.25, 0.3) is 5.91 Å². The molecule has 0 aliphatic carbocycles. The number of amides is 1. The maximum absolute atomic E-state index is 12.0. The first-order valence-corrected chi connectivity index (χ1v) is 7.83. The van der Waals surface area contributed by atoms with Crippen LogP contribution in [0.1, 0.15) is 37.0 Å². The van der Waals surface area contributed by atoms with Gasteiger partial charge >= 0.3 is 0 Å². The van der Waals surface area contributed by atoms with Gasteiger partial charge in [-0.3, -0.25) is 4.79 Å². The average molecular weight is 297 g/mol. The van der Waals surface area contributed by atoms with Gasteiger partial charge in [0.1, 0.15) is 5.82 Å². The molecule has 4 heteroatoms. The smallest absolute Gasteiger partial charge is 0.252 e. The maximum atomic E-state index is 12.0. The lowest BCUT2D eigenvalue weighted by Crippen LogP contribution is -2.24. The number of carbonyl (C=O) groups is 1. The molecule has 0 radical (unpaired) electrons. The van der Waals surface area contributed by atoms with Crippen molar-refractivity contribution in [2.75, 3.05) is 18.0 Å². The number of unbranched alkanes of at least 4 members (excludes halogenated alkanes) is 1. The molecular formula is C18H23N3O. The van der Waals surface area contributed by atoms with Crippen LogP contribution in [0, 0.1) is 0 Å². The van der Waals surface area contributed by atoms with E-state index < -0.39 is 0 Å². The standard InChI is InChI=1S/C18H23N3O/c1-3-5-13-19-18(22)15-11-12-17(20-14-15)21(4-2)16-9-7-6-8-10-16/h6-12,14H,3-5,13H2,1-2H3,(H,19,22). The molecule has 0 unspecified atom stereocenters. The molecule has 0 saturated carbocycles. The van der Waals surface area contributed by atoms with E-state index in [1.165, 1.54) is 0 Å². The summed E-state index contributed by atoms with van der Waals surface area (Å²) in [6, 6.07) is 13.8. The minimum atomic E-state index is -0.0599. The van der Waals surface area contributed by atoms with Crippen molar-refractivity contribution >= 4 is 17.4 Å². The summed E-state index contributed by atoms with van der Waals surface area (Å²) in [5.74, 6) is 0.786. The van der Waals surface area contributed by atoms with Crippen molar-refractivity contribution in [1.29, 1.82) is 0 Å². The van der Waals surface area contributed by atoms with Crippen LogP contribution >= 0.6 is 0 Å². The fourth-order valence-electron chi connectivity index (χ4n) is 2.25. The van der Waals surface area contributed by atoms with Crippen molar-refractivity contribution in [1.82, 2.24) is 10.3 Å². The average Bonchev–Trinajstić information content (AvgIpc) is 2.57. The van der Waals surface area contributed by atoms with Gasteiger partial charge < -0.3 is 10.2 Å². The van der Waals surface area contributed by atoms with Gasteiger partial charge in [0.05, 0.1) is 5.56 Å². The molecule has 0 saturated heterocycles. The van der Waals surface area contributed by atoms with E-state index >= 15 is 0 Å². The summed E-state index contributed by atoms with van der Waals surface area (Å²) in [7, 11) is 0. The van der Waals surface area contributed by atoms with E-state index in [0.717, 1.165) is 30.9 Å². The quantitative estimate of drug-likeness (QED) is 0.791. The zero-order chi connectivity index (χ0) is 15.8. The SMILES string of the molecule is CCCCNC(=O)c1ccc(N(CC)c2ccccc2)nc1. The van der Waals surface area contributed by atoms with Crippen molar-refractivity contribution in [2.24, 2.45) is 0 Å². The molecule has 2 rings (SSSR count). The summed E-state index contributed by atoms with van der Waals surface area (Å²) in [6.07, 6.45) is 3.71. The van der Waals surface area contributed by atoms with E-state index in [1.807, 2.05) is 30.3 Å². The first-order chi connectivity index (χ1) is 10.8. The van der Waals surface area contributed by atoms with Crippen LogP contribution in [0.2, 0.25) is 0 Å². The third kappa shape index (κ3) is 4.07. The highest BCUT2D eigenvalue weighted by atomic mass is 16.1. The Morgan fingerprint density at radius 1 is 1.14 bits per heavy atom. The van der Waals surface area contributed by atoms with Crippen LogP contribution in [0.15, 0.2) is 48.7 Å². The molecule has 1 N–H and O–H groups in total. The van der Waals surface area contributed by atoms with E-state index in [1.54, 1.807) is 6.20 Å². The number of anilines is 2. The summed E-state index contributed by atoms with van der Waals surface area (Å²) in [5, 5.41) is 2.90. The van der Waals surface area contributed by atoms with E-state index in [4.69, 9.17) is 0 Å². The predicted octanol–water partition coefficient (Wildman–Crippen LogP) is 3.77. The Labute approximate surface area is 132 Å². The van der Waals surface area contributed by atoms with E-state index in [-0.39, 0.29) is 5.91 Å². The van der Waals surface area contributed by atoms with Crippen LogP contribution < -0.4 is 10.2 Å². The fraction of sp³-hybridized carbons (Fsp3) is 0.333. The lowest BCUT2D eigenvalue weighted by Gasteiger charge is -2.22. The molecule has 1 amide bonds. The molecule has 1 aromatic carbocycles. The number of aromatic nitrogens is 1. The van der Waals surface area contributed by atoms with Crippen molar-refractivity contribution < 1.29 is 4.79 Å². The van der Waals surface area contributed by atoms with Crippen molar-refractivity contribution in [3.05, 3.63) is 54.2 Å². The topological polar surface area (TPSA) is 45.2 Å². The zero-order valence-electron chi connectivity index (χ0n) is 13.2. The van der Waals surface area contributed by atoms with Gasteiger partial charge in [0.2, 0.25) is 0 Å². The van der Waals surface area contributed by atoms with Gasteiger partial charge in [0, 0.05) is 25.0 Å². The molecular weight excluding hydrogens is 274 g/mol. The number of nitrogens with one attached hydrogen (secondary N) is 1. The van der Waals surface area contributed by atoms with Gasteiger partial charge in [-0.2, -0.15) is 0 Å². The molecule has 0 aliphatic heterocycles. The van der Waals surface area contributed by atoms with Crippen LogP contribution in [-0.2, 0) is 0 Å². The molecule has 1 heterocycles. The minimum absolute atomic E-state index is 0.0599. The molecule has 0 spiro atoms. The third-order valence-corrected chi connectivity index (χ3v) is 3.49. The highest BCUT2D eigenvalue weighted by molar-refractivity contribution is 5.94. The summed E-state index contributed by atoms with van der Waals surface area (Å²) < 4.78 is 0. The van der Waals surface area contributed by atoms with Crippen LogP contribution in [-0.4, -0.2) is 24.0 Å². The largest absolute Gasteiger partial charge is 0.352 e. The number of hydrogen-bond acceptors (Lipinski definition) is 3. The normalized spacial score (nSPS) is 10.3.